The molecule has 2 rings (SSSR count). The van der Waals surface area contributed by atoms with E-state index in [1.54, 1.807) is 6.07 Å². The van der Waals surface area contributed by atoms with Gasteiger partial charge < -0.3 is 10.1 Å². The van der Waals surface area contributed by atoms with Gasteiger partial charge in [-0.05, 0) is 17.2 Å². The van der Waals surface area contributed by atoms with E-state index >= 15 is 0 Å². The Morgan fingerprint density at radius 3 is 2.75 bits per heavy atom. The molecule has 1 aromatic carbocycles. The Morgan fingerprint density at radius 2 is 2.05 bits per heavy atom. The van der Waals surface area contributed by atoms with Crippen LogP contribution in [-0.4, -0.2) is 29.6 Å². The van der Waals surface area contributed by atoms with Crippen molar-refractivity contribution in [3.05, 3.63) is 52.9 Å². The number of rotatable bonds is 5. The number of esters is 1. The van der Waals surface area contributed by atoms with Crippen molar-refractivity contribution in [2.45, 2.75) is 6.42 Å². The van der Waals surface area contributed by atoms with Crippen molar-refractivity contribution < 1.29 is 9.53 Å². The van der Waals surface area contributed by atoms with Gasteiger partial charge in [0, 0.05) is 12.5 Å². The molecule has 5 nitrogen and oxygen atoms in total. The molecule has 0 aliphatic carbocycles. The van der Waals surface area contributed by atoms with Crippen molar-refractivity contribution in [1.82, 2.24) is 9.97 Å². The second kappa shape index (κ2) is 6.86. The number of carbonyl (C=O) groups is 1. The highest BCUT2D eigenvalue weighted by molar-refractivity contribution is 6.28. The number of benzene rings is 1. The number of anilines is 1. The van der Waals surface area contributed by atoms with Gasteiger partial charge >= 0.3 is 5.97 Å². The Labute approximate surface area is 122 Å². The first-order chi connectivity index (χ1) is 9.67. The second-order valence-electron chi connectivity index (χ2n) is 4.11. The standard InChI is InChI=1S/C14H14ClN3O2/c1-20-13(19)9-16-12-8-11(17-14(15)18-12)7-10-5-3-2-4-6-10/h2-6,8H,7,9H2,1H3,(H,16,17,18). The van der Waals surface area contributed by atoms with E-state index in [-0.39, 0.29) is 17.8 Å². The predicted molar refractivity (Wildman–Crippen MR) is 76.8 cm³/mol. The smallest absolute Gasteiger partial charge is 0.325 e. The highest BCUT2D eigenvalue weighted by Gasteiger charge is 2.06. The van der Waals surface area contributed by atoms with Crippen LogP contribution < -0.4 is 5.32 Å². The number of halogens is 1. The predicted octanol–water partition coefficient (Wildman–Crippen LogP) is 2.31. The maximum absolute atomic E-state index is 11.1. The lowest BCUT2D eigenvalue weighted by Crippen LogP contribution is -2.16. The lowest BCUT2D eigenvalue weighted by molar-refractivity contribution is -0.138. The number of hydrogen-bond donors (Lipinski definition) is 1. The largest absolute Gasteiger partial charge is 0.468 e. The zero-order chi connectivity index (χ0) is 14.4. The van der Waals surface area contributed by atoms with E-state index in [1.165, 1.54) is 7.11 Å². The maximum Gasteiger partial charge on any atom is 0.325 e. The topological polar surface area (TPSA) is 64.1 Å². The van der Waals surface area contributed by atoms with Crippen LogP contribution in [0.4, 0.5) is 5.82 Å². The molecule has 0 aliphatic rings. The zero-order valence-corrected chi connectivity index (χ0v) is 11.7. The van der Waals surface area contributed by atoms with Crippen molar-refractivity contribution in [1.29, 1.82) is 0 Å². The van der Waals surface area contributed by atoms with E-state index in [2.05, 4.69) is 20.0 Å². The summed E-state index contributed by atoms with van der Waals surface area (Å²) in [7, 11) is 1.33. The van der Waals surface area contributed by atoms with Crippen molar-refractivity contribution in [2.75, 3.05) is 19.0 Å². The molecule has 1 N–H and O–H groups in total. The van der Waals surface area contributed by atoms with Crippen molar-refractivity contribution in [3.63, 3.8) is 0 Å². The number of nitrogens with one attached hydrogen (secondary N) is 1. The normalized spacial score (nSPS) is 10.1. The minimum absolute atomic E-state index is 0.0363. The van der Waals surface area contributed by atoms with Crippen LogP contribution in [0.1, 0.15) is 11.3 Å². The third-order valence-electron chi connectivity index (χ3n) is 2.62. The lowest BCUT2D eigenvalue weighted by atomic mass is 10.1. The molecule has 0 fully saturated rings. The number of aromatic nitrogens is 2. The first kappa shape index (κ1) is 14.3. The summed E-state index contributed by atoms with van der Waals surface area (Å²) < 4.78 is 4.55. The van der Waals surface area contributed by atoms with E-state index in [9.17, 15) is 4.79 Å². The molecule has 20 heavy (non-hydrogen) atoms. The van der Waals surface area contributed by atoms with Gasteiger partial charge in [-0.15, -0.1) is 0 Å². The van der Waals surface area contributed by atoms with Crippen molar-refractivity contribution >= 4 is 23.4 Å². The van der Waals surface area contributed by atoms with Gasteiger partial charge in [0.05, 0.1) is 12.8 Å². The van der Waals surface area contributed by atoms with Gasteiger partial charge in [0.25, 0.3) is 0 Å². The molecule has 0 aliphatic heterocycles. The van der Waals surface area contributed by atoms with E-state index < -0.39 is 0 Å². The van der Waals surface area contributed by atoms with Gasteiger partial charge in [0.15, 0.2) is 0 Å². The average Bonchev–Trinajstić information content (AvgIpc) is 2.45. The SMILES string of the molecule is COC(=O)CNc1cc(Cc2ccccc2)nc(Cl)n1. The molecular weight excluding hydrogens is 278 g/mol. The van der Waals surface area contributed by atoms with Gasteiger partial charge in [0.2, 0.25) is 5.28 Å². The highest BCUT2D eigenvalue weighted by Crippen LogP contribution is 2.14. The number of carbonyl (C=O) groups excluding carboxylic acids is 1. The zero-order valence-electron chi connectivity index (χ0n) is 11.0. The highest BCUT2D eigenvalue weighted by atomic mass is 35.5. The minimum atomic E-state index is -0.371. The second-order valence-corrected chi connectivity index (χ2v) is 4.44. The fourth-order valence-corrected chi connectivity index (χ4v) is 1.89. The van der Waals surface area contributed by atoms with Crippen LogP contribution in [0.3, 0.4) is 0 Å². The van der Waals surface area contributed by atoms with Gasteiger partial charge in [-0.25, -0.2) is 9.97 Å². The lowest BCUT2D eigenvalue weighted by Gasteiger charge is -2.07. The summed E-state index contributed by atoms with van der Waals surface area (Å²) in [4.78, 5) is 19.3. The monoisotopic (exact) mass is 291 g/mol. The molecule has 104 valence electrons. The average molecular weight is 292 g/mol. The Balaban J connectivity index is 2.10. The maximum atomic E-state index is 11.1. The molecule has 0 saturated heterocycles. The Hall–Kier alpha value is -2.14. The summed E-state index contributed by atoms with van der Waals surface area (Å²) in [5.41, 5.74) is 1.91. The van der Waals surface area contributed by atoms with Crippen LogP contribution in [0, 0.1) is 0 Å². The Bertz CT molecular complexity index is 590. The molecule has 0 amide bonds. The van der Waals surface area contributed by atoms with Crippen LogP contribution in [0.2, 0.25) is 5.28 Å². The van der Waals surface area contributed by atoms with Crippen molar-refractivity contribution in [3.8, 4) is 0 Å². The summed E-state index contributed by atoms with van der Waals surface area (Å²) in [6.45, 7) is 0.0363. The summed E-state index contributed by atoms with van der Waals surface area (Å²) in [5.74, 6) is 0.130. The minimum Gasteiger partial charge on any atom is -0.468 e. The van der Waals surface area contributed by atoms with Crippen LogP contribution >= 0.6 is 11.6 Å². The Kier molecular flexibility index (Phi) is 4.90. The van der Waals surface area contributed by atoms with Gasteiger partial charge in [-0.3, -0.25) is 4.79 Å². The van der Waals surface area contributed by atoms with Crippen molar-refractivity contribution in [2.24, 2.45) is 0 Å². The fraction of sp³-hybridized carbons (Fsp3) is 0.214. The molecule has 6 heteroatoms. The van der Waals surface area contributed by atoms with E-state index in [1.807, 2.05) is 30.3 Å². The quantitative estimate of drug-likeness (QED) is 0.676. The molecule has 0 bridgehead atoms. The first-order valence-corrected chi connectivity index (χ1v) is 6.43. The molecule has 0 unspecified atom stereocenters. The molecule has 0 radical (unpaired) electrons. The molecular formula is C14H14ClN3O2. The molecule has 1 aromatic heterocycles. The first-order valence-electron chi connectivity index (χ1n) is 6.05. The molecule has 0 spiro atoms. The third-order valence-corrected chi connectivity index (χ3v) is 2.79. The van der Waals surface area contributed by atoms with Crippen LogP contribution in [0.5, 0.6) is 0 Å². The van der Waals surface area contributed by atoms with Gasteiger partial charge in [0.1, 0.15) is 12.4 Å². The molecule has 0 atom stereocenters. The molecule has 0 saturated carbocycles. The van der Waals surface area contributed by atoms with Gasteiger partial charge in [-0.1, -0.05) is 30.3 Å². The van der Waals surface area contributed by atoms with Crippen LogP contribution in [0.25, 0.3) is 0 Å². The third kappa shape index (κ3) is 4.20. The Morgan fingerprint density at radius 1 is 1.30 bits per heavy atom. The van der Waals surface area contributed by atoms with Crippen LogP contribution in [0.15, 0.2) is 36.4 Å². The number of ether oxygens (including phenoxy) is 1. The summed E-state index contributed by atoms with van der Waals surface area (Å²) in [5, 5.41) is 3.00. The van der Waals surface area contributed by atoms with Gasteiger partial charge in [-0.2, -0.15) is 0 Å². The molecule has 1 heterocycles. The van der Waals surface area contributed by atoms with E-state index in [0.29, 0.717) is 12.2 Å². The number of hydrogen-bond acceptors (Lipinski definition) is 5. The summed E-state index contributed by atoms with van der Waals surface area (Å²) in [6, 6.07) is 11.7. The number of methoxy groups -OCH3 is 1. The molecule has 2 aromatic rings. The summed E-state index contributed by atoms with van der Waals surface area (Å²) in [6.07, 6.45) is 0.649. The van der Waals surface area contributed by atoms with E-state index in [4.69, 9.17) is 11.6 Å². The fourth-order valence-electron chi connectivity index (χ4n) is 1.69. The van der Waals surface area contributed by atoms with E-state index in [0.717, 1.165) is 11.3 Å². The number of nitrogens with zero attached hydrogens (tertiary/aromatic N) is 2. The summed E-state index contributed by atoms with van der Waals surface area (Å²) >= 11 is 5.89. The van der Waals surface area contributed by atoms with Crippen LogP contribution in [-0.2, 0) is 16.0 Å².